The highest BCUT2D eigenvalue weighted by atomic mass is 79.9. The third kappa shape index (κ3) is 2.22. The first-order chi connectivity index (χ1) is 10.3. The van der Waals surface area contributed by atoms with Crippen LogP contribution in [0.1, 0.15) is 0 Å². The number of hydrogen-bond acceptors (Lipinski definition) is 1. The summed E-state index contributed by atoms with van der Waals surface area (Å²) < 4.78 is 1.09. The molecule has 0 spiro atoms. The second-order valence-corrected chi connectivity index (χ2v) is 5.98. The van der Waals surface area contributed by atoms with Gasteiger partial charge in [0.05, 0.1) is 11.0 Å². The quantitative estimate of drug-likeness (QED) is 0.400. The molecule has 0 aliphatic rings. The van der Waals surface area contributed by atoms with Crippen LogP contribution in [0.4, 0.5) is 0 Å². The molecule has 0 amide bonds. The second-order valence-electron chi connectivity index (χ2n) is 5.06. The molecule has 2 heteroatoms. The summed E-state index contributed by atoms with van der Waals surface area (Å²) in [7, 11) is 0. The minimum absolute atomic E-state index is 1.04. The van der Waals surface area contributed by atoms with Gasteiger partial charge in [0.15, 0.2) is 0 Å². The molecule has 1 aromatic heterocycles. The van der Waals surface area contributed by atoms with Crippen LogP contribution in [-0.4, -0.2) is 4.98 Å². The van der Waals surface area contributed by atoms with E-state index in [2.05, 4.69) is 82.7 Å². The number of benzene rings is 3. The van der Waals surface area contributed by atoms with Crippen LogP contribution in [0.5, 0.6) is 0 Å². The van der Waals surface area contributed by atoms with Crippen molar-refractivity contribution < 1.29 is 0 Å². The molecule has 0 saturated carbocycles. The van der Waals surface area contributed by atoms with E-state index in [0.717, 1.165) is 15.5 Å². The van der Waals surface area contributed by atoms with Crippen LogP contribution in [0.25, 0.3) is 32.9 Å². The Balaban J connectivity index is 2.04. The first-order valence-electron chi connectivity index (χ1n) is 6.86. The van der Waals surface area contributed by atoms with Crippen molar-refractivity contribution in [2.24, 2.45) is 0 Å². The van der Waals surface area contributed by atoms with Gasteiger partial charge in [0.25, 0.3) is 0 Å². The predicted octanol–water partition coefficient (Wildman–Crippen LogP) is 5.82. The van der Waals surface area contributed by atoms with Crippen molar-refractivity contribution >= 4 is 37.7 Å². The zero-order valence-corrected chi connectivity index (χ0v) is 12.8. The lowest BCUT2D eigenvalue weighted by molar-refractivity contribution is 1.49. The Morgan fingerprint density at radius 1 is 0.714 bits per heavy atom. The minimum atomic E-state index is 1.04. The van der Waals surface area contributed by atoms with E-state index in [1.807, 2.05) is 6.07 Å². The van der Waals surface area contributed by atoms with E-state index >= 15 is 0 Å². The highest BCUT2D eigenvalue weighted by Gasteiger charge is 2.06. The maximum absolute atomic E-state index is 4.77. The molecule has 0 unspecified atom stereocenters. The Hall–Kier alpha value is -2.19. The molecule has 0 radical (unpaired) electrons. The number of nitrogens with zero attached hydrogens (tertiary/aromatic N) is 1. The maximum atomic E-state index is 4.77. The summed E-state index contributed by atoms with van der Waals surface area (Å²) in [4.78, 5) is 4.77. The SMILES string of the molecule is Brc1ccc(-c2cccc3nc4ccccc4cc23)cc1. The lowest BCUT2D eigenvalue weighted by Gasteiger charge is -2.08. The number of rotatable bonds is 1. The zero-order valence-electron chi connectivity index (χ0n) is 11.3. The van der Waals surface area contributed by atoms with Crippen LogP contribution in [0, 0.1) is 0 Å². The Labute approximate surface area is 131 Å². The second kappa shape index (κ2) is 4.97. The van der Waals surface area contributed by atoms with E-state index in [1.54, 1.807) is 0 Å². The fourth-order valence-electron chi connectivity index (χ4n) is 2.68. The van der Waals surface area contributed by atoms with Crippen LogP contribution in [0.3, 0.4) is 0 Å². The highest BCUT2D eigenvalue weighted by molar-refractivity contribution is 9.10. The number of para-hydroxylation sites is 1. The molecule has 4 rings (SSSR count). The average Bonchev–Trinajstić information content (AvgIpc) is 2.53. The molecule has 0 N–H and O–H groups in total. The monoisotopic (exact) mass is 333 g/mol. The smallest absolute Gasteiger partial charge is 0.0715 e. The Kier molecular flexibility index (Phi) is 2.97. The topological polar surface area (TPSA) is 12.9 Å². The molecule has 0 fully saturated rings. The summed E-state index contributed by atoms with van der Waals surface area (Å²) in [5, 5.41) is 2.37. The van der Waals surface area contributed by atoms with Crippen molar-refractivity contribution in [2.75, 3.05) is 0 Å². The Morgan fingerprint density at radius 2 is 1.48 bits per heavy atom. The van der Waals surface area contributed by atoms with Crippen molar-refractivity contribution in [3.63, 3.8) is 0 Å². The number of pyridine rings is 1. The number of halogens is 1. The van der Waals surface area contributed by atoms with Crippen molar-refractivity contribution in [2.45, 2.75) is 0 Å². The molecule has 0 bridgehead atoms. The van der Waals surface area contributed by atoms with Gasteiger partial charge in [0, 0.05) is 15.2 Å². The number of aromatic nitrogens is 1. The molecular weight excluding hydrogens is 322 g/mol. The third-order valence-electron chi connectivity index (χ3n) is 3.72. The van der Waals surface area contributed by atoms with Gasteiger partial charge >= 0.3 is 0 Å². The van der Waals surface area contributed by atoms with Crippen molar-refractivity contribution in [3.05, 3.63) is 77.3 Å². The fraction of sp³-hybridized carbons (Fsp3) is 0. The van der Waals surface area contributed by atoms with Crippen LogP contribution in [0.2, 0.25) is 0 Å². The van der Waals surface area contributed by atoms with Crippen LogP contribution in [-0.2, 0) is 0 Å². The summed E-state index contributed by atoms with van der Waals surface area (Å²) >= 11 is 3.49. The zero-order chi connectivity index (χ0) is 14.2. The molecule has 100 valence electrons. The molecule has 4 aromatic rings. The van der Waals surface area contributed by atoms with Crippen molar-refractivity contribution in [3.8, 4) is 11.1 Å². The van der Waals surface area contributed by atoms with E-state index < -0.39 is 0 Å². The number of hydrogen-bond donors (Lipinski definition) is 0. The van der Waals surface area contributed by atoms with Gasteiger partial charge in [-0.25, -0.2) is 4.98 Å². The lowest BCUT2D eigenvalue weighted by Crippen LogP contribution is -1.86. The third-order valence-corrected chi connectivity index (χ3v) is 4.24. The normalized spacial score (nSPS) is 11.1. The molecular formula is C19H12BrN. The predicted molar refractivity (Wildman–Crippen MR) is 92.4 cm³/mol. The Morgan fingerprint density at radius 3 is 2.33 bits per heavy atom. The van der Waals surface area contributed by atoms with Crippen LogP contribution < -0.4 is 0 Å². The molecule has 0 saturated heterocycles. The molecule has 0 atom stereocenters. The standard InChI is InChI=1S/C19H12BrN/c20-15-10-8-13(9-11-15)16-5-3-7-19-17(16)12-14-4-1-2-6-18(14)21-19/h1-12H. The van der Waals surface area contributed by atoms with Crippen molar-refractivity contribution in [1.29, 1.82) is 0 Å². The fourth-order valence-corrected chi connectivity index (χ4v) is 2.94. The van der Waals surface area contributed by atoms with E-state index in [-0.39, 0.29) is 0 Å². The van der Waals surface area contributed by atoms with Crippen molar-refractivity contribution in [1.82, 2.24) is 4.98 Å². The van der Waals surface area contributed by atoms with Gasteiger partial charge in [-0.05, 0) is 41.5 Å². The van der Waals surface area contributed by atoms with Crippen LogP contribution >= 0.6 is 15.9 Å². The first kappa shape index (κ1) is 12.5. The van der Waals surface area contributed by atoms with Gasteiger partial charge in [0.1, 0.15) is 0 Å². The lowest BCUT2D eigenvalue weighted by atomic mass is 9.99. The molecule has 21 heavy (non-hydrogen) atoms. The first-order valence-corrected chi connectivity index (χ1v) is 7.65. The van der Waals surface area contributed by atoms with E-state index in [0.29, 0.717) is 0 Å². The maximum Gasteiger partial charge on any atom is 0.0715 e. The summed E-state index contributed by atoms with van der Waals surface area (Å²) in [5.41, 5.74) is 4.51. The van der Waals surface area contributed by atoms with E-state index in [4.69, 9.17) is 4.98 Å². The molecule has 1 heterocycles. The summed E-state index contributed by atoms with van der Waals surface area (Å²) in [5.74, 6) is 0. The molecule has 1 nitrogen and oxygen atoms in total. The molecule has 0 aliphatic carbocycles. The van der Waals surface area contributed by atoms with Gasteiger partial charge in [-0.3, -0.25) is 0 Å². The van der Waals surface area contributed by atoms with E-state index in [9.17, 15) is 0 Å². The summed E-state index contributed by atoms with van der Waals surface area (Å²) in [6.45, 7) is 0. The van der Waals surface area contributed by atoms with E-state index in [1.165, 1.54) is 21.9 Å². The van der Waals surface area contributed by atoms with Gasteiger partial charge in [-0.15, -0.1) is 0 Å². The molecule has 3 aromatic carbocycles. The largest absolute Gasteiger partial charge is 0.248 e. The Bertz CT molecular complexity index is 942. The highest BCUT2D eigenvalue weighted by Crippen LogP contribution is 2.30. The number of fused-ring (bicyclic) bond motifs is 2. The van der Waals surface area contributed by atoms with Crippen LogP contribution in [0.15, 0.2) is 77.3 Å². The van der Waals surface area contributed by atoms with Gasteiger partial charge < -0.3 is 0 Å². The minimum Gasteiger partial charge on any atom is -0.248 e. The summed E-state index contributed by atoms with van der Waals surface area (Å²) in [6.07, 6.45) is 0. The molecule has 0 aliphatic heterocycles. The van der Waals surface area contributed by atoms with Gasteiger partial charge in [-0.2, -0.15) is 0 Å². The average molecular weight is 334 g/mol. The van der Waals surface area contributed by atoms with Gasteiger partial charge in [0.2, 0.25) is 0 Å². The van der Waals surface area contributed by atoms with Gasteiger partial charge in [-0.1, -0.05) is 58.4 Å². The summed E-state index contributed by atoms with van der Waals surface area (Å²) in [6, 6.07) is 25.2.